The number of hydrogen-bond donors (Lipinski definition) is 1. The van der Waals surface area contributed by atoms with Gasteiger partial charge in [0.05, 0.1) is 16.6 Å². The van der Waals surface area contributed by atoms with Crippen molar-refractivity contribution in [3.63, 3.8) is 0 Å². The van der Waals surface area contributed by atoms with Crippen LogP contribution in [0.3, 0.4) is 0 Å². The van der Waals surface area contributed by atoms with Crippen molar-refractivity contribution in [2.45, 2.75) is 45.6 Å². The number of fused-ring (bicyclic) bond motifs is 2. The van der Waals surface area contributed by atoms with E-state index in [4.69, 9.17) is 15.0 Å². The Labute approximate surface area is 178 Å². The van der Waals surface area contributed by atoms with Crippen LogP contribution in [-0.4, -0.2) is 23.0 Å². The summed E-state index contributed by atoms with van der Waals surface area (Å²) in [6, 6.07) is 9.51. The minimum atomic E-state index is -1.00. The highest BCUT2D eigenvalue weighted by molar-refractivity contribution is 7.14. The fraction of sp³-hybridized carbons (Fsp3) is 0.304. The number of thiophene rings is 1. The molecule has 1 atom stereocenters. The van der Waals surface area contributed by atoms with Crippen LogP contribution in [0.4, 0.5) is 5.00 Å². The van der Waals surface area contributed by atoms with Gasteiger partial charge in [0.15, 0.2) is 6.10 Å². The van der Waals surface area contributed by atoms with Crippen molar-refractivity contribution < 1.29 is 14.3 Å². The molecule has 0 spiro atoms. The van der Waals surface area contributed by atoms with Crippen LogP contribution in [0, 0.1) is 18.3 Å². The van der Waals surface area contributed by atoms with Crippen molar-refractivity contribution in [2.75, 3.05) is 5.32 Å². The average Bonchev–Trinajstić information content (AvgIpc) is 3.18. The normalized spacial score (nSPS) is 13.9. The fourth-order valence-corrected chi connectivity index (χ4v) is 4.49. The van der Waals surface area contributed by atoms with Crippen molar-refractivity contribution in [1.82, 2.24) is 4.98 Å². The molecule has 0 saturated carbocycles. The molecule has 0 radical (unpaired) electrons. The van der Waals surface area contributed by atoms with E-state index in [9.17, 15) is 9.59 Å². The first-order valence-electron chi connectivity index (χ1n) is 9.89. The number of carbonyl (C=O) groups is 2. The zero-order chi connectivity index (χ0) is 21.3. The average molecular weight is 420 g/mol. The van der Waals surface area contributed by atoms with Gasteiger partial charge in [0, 0.05) is 11.1 Å². The maximum absolute atomic E-state index is 13.2. The first-order valence-corrected chi connectivity index (χ1v) is 10.8. The first kappa shape index (κ1) is 20.0. The smallest absolute Gasteiger partial charge is 0.339 e. The van der Waals surface area contributed by atoms with Crippen LogP contribution in [0.15, 0.2) is 29.6 Å². The van der Waals surface area contributed by atoms with E-state index in [-0.39, 0.29) is 0 Å². The Kier molecular flexibility index (Phi) is 5.51. The molecular weight excluding hydrogens is 398 g/mol. The second kappa shape index (κ2) is 8.25. The largest absolute Gasteiger partial charge is 0.449 e. The molecule has 1 aliphatic rings. The molecule has 4 rings (SSSR count). The van der Waals surface area contributed by atoms with E-state index in [1.165, 1.54) is 18.3 Å². The van der Waals surface area contributed by atoms with Gasteiger partial charge in [-0.15, -0.1) is 11.3 Å². The summed E-state index contributed by atoms with van der Waals surface area (Å²) in [5.74, 6) is -0.980. The zero-order valence-corrected chi connectivity index (χ0v) is 17.6. The number of benzene rings is 1. The molecule has 1 amide bonds. The molecule has 7 heteroatoms. The van der Waals surface area contributed by atoms with Gasteiger partial charge in [0.2, 0.25) is 0 Å². The summed E-state index contributed by atoms with van der Waals surface area (Å²) in [5.41, 5.74) is 4.58. The van der Waals surface area contributed by atoms with Gasteiger partial charge < -0.3 is 10.1 Å². The Balaban J connectivity index is 1.63. The van der Waals surface area contributed by atoms with Crippen LogP contribution in [0.2, 0.25) is 0 Å². The van der Waals surface area contributed by atoms with Gasteiger partial charge in [-0.2, -0.15) is 5.26 Å². The van der Waals surface area contributed by atoms with Gasteiger partial charge in [-0.25, -0.2) is 4.79 Å². The monoisotopic (exact) mass is 419 g/mol. The van der Waals surface area contributed by atoms with Gasteiger partial charge in [-0.3, -0.25) is 9.78 Å². The maximum Gasteiger partial charge on any atom is 0.339 e. The van der Waals surface area contributed by atoms with Crippen molar-refractivity contribution in [2.24, 2.45) is 0 Å². The Hall–Kier alpha value is -3.24. The lowest BCUT2D eigenvalue weighted by molar-refractivity contribution is -0.123. The number of nitrogens with zero attached hydrogens (tertiary/aromatic N) is 2. The lowest BCUT2D eigenvalue weighted by Gasteiger charge is -2.21. The molecule has 0 aliphatic heterocycles. The number of rotatable bonds is 4. The Morgan fingerprint density at radius 2 is 2.07 bits per heavy atom. The zero-order valence-electron chi connectivity index (χ0n) is 16.8. The standard InChI is InChI=1S/C23H21N3O3S/c1-13-7-8-19-17(11-13)20(16-5-3-4-6-18(16)25-19)23(28)29-14(2)21(27)26-22-15(12-24)9-10-30-22/h7-11,14H,3-6H2,1-2H3,(H,26,27). The summed E-state index contributed by atoms with van der Waals surface area (Å²) in [6.45, 7) is 3.51. The number of pyridine rings is 1. The van der Waals surface area contributed by atoms with Crippen molar-refractivity contribution in [3.05, 3.63) is 57.6 Å². The molecule has 1 aromatic carbocycles. The lowest BCUT2D eigenvalue weighted by atomic mass is 9.89. The molecule has 0 saturated heterocycles. The number of carbonyl (C=O) groups excluding carboxylic acids is 2. The van der Waals surface area contributed by atoms with Gasteiger partial charge in [-0.1, -0.05) is 11.6 Å². The molecule has 2 aromatic heterocycles. The minimum Gasteiger partial charge on any atom is -0.449 e. The molecule has 2 heterocycles. The van der Waals surface area contributed by atoms with Gasteiger partial charge in [0.1, 0.15) is 11.1 Å². The third-order valence-electron chi connectivity index (χ3n) is 5.30. The van der Waals surface area contributed by atoms with Crippen LogP contribution >= 0.6 is 11.3 Å². The second-order valence-electron chi connectivity index (χ2n) is 7.45. The fourth-order valence-electron chi connectivity index (χ4n) is 3.75. The number of nitriles is 1. The van der Waals surface area contributed by atoms with Crippen molar-refractivity contribution in [1.29, 1.82) is 5.26 Å². The van der Waals surface area contributed by atoms with E-state index in [0.29, 0.717) is 16.1 Å². The van der Waals surface area contributed by atoms with E-state index in [2.05, 4.69) is 5.32 Å². The third kappa shape index (κ3) is 3.79. The van der Waals surface area contributed by atoms with Crippen molar-refractivity contribution >= 4 is 39.1 Å². The topological polar surface area (TPSA) is 92.1 Å². The van der Waals surface area contributed by atoms with Crippen LogP contribution < -0.4 is 5.32 Å². The van der Waals surface area contributed by atoms with E-state index >= 15 is 0 Å². The van der Waals surface area contributed by atoms with E-state index in [1.54, 1.807) is 11.4 Å². The summed E-state index contributed by atoms with van der Waals surface area (Å²) in [5, 5.41) is 14.7. The van der Waals surface area contributed by atoms with Gasteiger partial charge in [-0.05, 0) is 68.7 Å². The summed E-state index contributed by atoms with van der Waals surface area (Å²) < 4.78 is 5.58. The maximum atomic E-state index is 13.2. The van der Waals surface area contributed by atoms with Crippen LogP contribution in [0.5, 0.6) is 0 Å². The van der Waals surface area contributed by atoms with Gasteiger partial charge in [0.25, 0.3) is 5.91 Å². The number of anilines is 1. The van der Waals surface area contributed by atoms with E-state index in [0.717, 1.165) is 53.4 Å². The Morgan fingerprint density at radius 1 is 1.27 bits per heavy atom. The van der Waals surface area contributed by atoms with Crippen molar-refractivity contribution in [3.8, 4) is 6.07 Å². The highest BCUT2D eigenvalue weighted by Crippen LogP contribution is 2.31. The molecule has 3 aromatic rings. The number of nitrogens with one attached hydrogen (secondary N) is 1. The molecule has 30 heavy (non-hydrogen) atoms. The number of ether oxygens (including phenoxy) is 1. The highest BCUT2D eigenvalue weighted by Gasteiger charge is 2.27. The second-order valence-corrected chi connectivity index (χ2v) is 8.37. The summed E-state index contributed by atoms with van der Waals surface area (Å²) in [4.78, 5) is 30.5. The van der Waals surface area contributed by atoms with Crippen LogP contribution in [0.25, 0.3) is 10.9 Å². The number of hydrogen-bond acceptors (Lipinski definition) is 6. The molecule has 6 nitrogen and oxygen atoms in total. The van der Waals surface area contributed by atoms with Crippen LogP contribution in [0.1, 0.15) is 52.5 Å². The van der Waals surface area contributed by atoms with E-state index < -0.39 is 18.0 Å². The molecule has 1 N–H and O–H groups in total. The summed E-state index contributed by atoms with van der Waals surface area (Å²) in [6.07, 6.45) is 2.66. The predicted octanol–water partition coefficient (Wildman–Crippen LogP) is 4.54. The number of amides is 1. The molecule has 0 fully saturated rings. The Bertz CT molecular complexity index is 1190. The molecule has 0 bridgehead atoms. The van der Waals surface area contributed by atoms with Crippen LogP contribution in [-0.2, 0) is 22.4 Å². The quantitative estimate of drug-likeness (QED) is 0.627. The van der Waals surface area contributed by atoms with E-state index in [1.807, 2.05) is 31.2 Å². The summed E-state index contributed by atoms with van der Waals surface area (Å²) in [7, 11) is 0. The third-order valence-corrected chi connectivity index (χ3v) is 6.13. The number of aryl methyl sites for hydroxylation is 2. The Morgan fingerprint density at radius 3 is 2.87 bits per heavy atom. The highest BCUT2D eigenvalue weighted by atomic mass is 32.1. The first-order chi connectivity index (χ1) is 14.5. The molecule has 1 unspecified atom stereocenters. The minimum absolute atomic E-state index is 0.386. The van der Waals surface area contributed by atoms with Gasteiger partial charge >= 0.3 is 5.97 Å². The summed E-state index contributed by atoms with van der Waals surface area (Å²) >= 11 is 1.25. The lowest BCUT2D eigenvalue weighted by Crippen LogP contribution is -2.30. The molecular formula is C23H21N3O3S. The number of esters is 1. The molecule has 152 valence electrons. The predicted molar refractivity (Wildman–Crippen MR) is 116 cm³/mol. The SMILES string of the molecule is Cc1ccc2nc3c(c(C(=O)OC(C)C(=O)Nc4sccc4C#N)c2c1)CCCC3. The number of aromatic nitrogens is 1. The molecule has 1 aliphatic carbocycles.